The van der Waals surface area contributed by atoms with Crippen LogP contribution >= 0.6 is 11.6 Å². The van der Waals surface area contributed by atoms with Gasteiger partial charge < -0.3 is 35.4 Å². The minimum atomic E-state index is -4.83. The molecule has 4 aromatic rings. The molecule has 52 heavy (non-hydrogen) atoms. The second kappa shape index (κ2) is 14.2. The number of anilines is 2. The number of aromatic nitrogens is 5. The van der Waals surface area contributed by atoms with Gasteiger partial charge in [0, 0.05) is 64.1 Å². The van der Waals surface area contributed by atoms with Gasteiger partial charge in [0.05, 0.1) is 39.9 Å². The van der Waals surface area contributed by atoms with Crippen molar-refractivity contribution < 1.29 is 37.5 Å². The summed E-state index contributed by atoms with van der Waals surface area (Å²) in [5.74, 6) is -1.45. The lowest BCUT2D eigenvalue weighted by atomic mass is 9.95. The van der Waals surface area contributed by atoms with Crippen LogP contribution in [0.4, 0.5) is 29.3 Å². The fourth-order valence-electron chi connectivity index (χ4n) is 6.41. The maximum atomic E-state index is 14.1. The number of carboxylic acid groups (broad SMARTS) is 1. The van der Waals surface area contributed by atoms with E-state index in [1.165, 1.54) is 40.9 Å². The molecule has 6 rings (SSSR count). The highest BCUT2D eigenvalue weighted by Gasteiger charge is 2.39. The van der Waals surface area contributed by atoms with E-state index in [4.69, 9.17) is 22.4 Å². The molecule has 2 aliphatic rings. The Morgan fingerprint density at radius 3 is 2.25 bits per heavy atom. The SMILES string of the molecule is Cc1cc(N)cnc1-n1cc(-c2cnc(C(=O)Nc3ccc(C(=O)N4CCN(C(=O)C5CCN(C(=O)O)CC5)CC4)c(Cl)c3)n2C)c(C(F)(F)F)n1. The quantitative estimate of drug-likeness (QED) is 0.261. The number of aryl methyl sites for hydroxylation is 1. The molecule has 0 atom stereocenters. The van der Waals surface area contributed by atoms with Gasteiger partial charge in [-0.25, -0.2) is 19.4 Å². The van der Waals surface area contributed by atoms with Crippen molar-refractivity contribution in [2.24, 2.45) is 13.0 Å². The normalized spacial score (nSPS) is 15.5. The highest BCUT2D eigenvalue weighted by Crippen LogP contribution is 2.37. The second-order valence-electron chi connectivity index (χ2n) is 12.6. The van der Waals surface area contributed by atoms with Crippen LogP contribution in [0.25, 0.3) is 17.1 Å². The lowest BCUT2D eigenvalue weighted by molar-refractivity contribution is -0.141. The molecule has 15 nitrogen and oxygen atoms in total. The summed E-state index contributed by atoms with van der Waals surface area (Å²) in [6.07, 6.45) is -1.31. The van der Waals surface area contributed by atoms with Crippen LogP contribution in [0.1, 0.15) is 45.1 Å². The van der Waals surface area contributed by atoms with Gasteiger partial charge in [-0.05, 0) is 49.6 Å². The summed E-state index contributed by atoms with van der Waals surface area (Å²) in [5.41, 5.74) is 5.44. The average Bonchev–Trinajstić information content (AvgIpc) is 3.72. The fraction of sp³-hybridized carbons (Fsp3) is 0.364. The molecule has 2 saturated heterocycles. The Balaban J connectivity index is 1.11. The van der Waals surface area contributed by atoms with E-state index >= 15 is 0 Å². The van der Waals surface area contributed by atoms with Crippen LogP contribution in [0.2, 0.25) is 5.02 Å². The number of hydrogen-bond acceptors (Lipinski definition) is 8. The fourth-order valence-corrected chi connectivity index (χ4v) is 6.67. The number of carbonyl (C=O) groups is 4. The van der Waals surface area contributed by atoms with Crippen molar-refractivity contribution in [1.29, 1.82) is 0 Å². The molecule has 2 fully saturated rings. The first-order valence-corrected chi connectivity index (χ1v) is 16.6. The number of benzene rings is 1. The number of carbonyl (C=O) groups excluding carboxylic acids is 3. The van der Waals surface area contributed by atoms with Crippen LogP contribution in [-0.2, 0) is 18.0 Å². The maximum Gasteiger partial charge on any atom is 0.435 e. The smallest absolute Gasteiger partial charge is 0.435 e. The first-order chi connectivity index (χ1) is 24.6. The van der Waals surface area contributed by atoms with Gasteiger partial charge in [-0.3, -0.25) is 14.4 Å². The lowest BCUT2D eigenvalue weighted by Gasteiger charge is -2.38. The Kier molecular flexibility index (Phi) is 9.85. The predicted molar refractivity (Wildman–Crippen MR) is 182 cm³/mol. The van der Waals surface area contributed by atoms with Crippen LogP contribution in [0.15, 0.2) is 42.9 Å². The van der Waals surface area contributed by atoms with Gasteiger partial charge in [0.25, 0.3) is 11.8 Å². The third-order valence-corrected chi connectivity index (χ3v) is 9.50. The maximum absolute atomic E-state index is 14.1. The Bertz CT molecular complexity index is 2050. The molecule has 274 valence electrons. The van der Waals surface area contributed by atoms with Gasteiger partial charge in [0.1, 0.15) is 0 Å². The number of amides is 4. The Morgan fingerprint density at radius 2 is 1.63 bits per heavy atom. The number of likely N-dealkylation sites (tertiary alicyclic amines) is 1. The molecule has 3 aromatic heterocycles. The number of imidazole rings is 1. The largest absolute Gasteiger partial charge is 0.465 e. The van der Waals surface area contributed by atoms with E-state index in [9.17, 15) is 32.3 Å². The molecule has 4 amide bonds. The van der Waals surface area contributed by atoms with E-state index in [-0.39, 0.29) is 70.0 Å². The van der Waals surface area contributed by atoms with Crippen molar-refractivity contribution in [3.63, 3.8) is 0 Å². The third kappa shape index (κ3) is 7.23. The van der Waals surface area contributed by atoms with Crippen molar-refractivity contribution in [2.75, 3.05) is 50.3 Å². The van der Waals surface area contributed by atoms with Gasteiger partial charge >= 0.3 is 12.3 Å². The van der Waals surface area contributed by atoms with Crippen LogP contribution in [0.5, 0.6) is 0 Å². The molecule has 1 aromatic carbocycles. The van der Waals surface area contributed by atoms with Crippen LogP contribution in [-0.4, -0.2) is 107 Å². The number of piperidine rings is 1. The average molecular weight is 743 g/mol. The molecule has 0 radical (unpaired) electrons. The van der Waals surface area contributed by atoms with Gasteiger partial charge in [-0.2, -0.15) is 18.3 Å². The van der Waals surface area contributed by atoms with Crippen molar-refractivity contribution in [3.8, 4) is 17.1 Å². The van der Waals surface area contributed by atoms with Crippen LogP contribution in [0, 0.1) is 12.8 Å². The number of nitrogens with two attached hydrogens (primary N) is 1. The number of nitrogen functional groups attached to an aromatic ring is 1. The molecule has 4 N–H and O–H groups in total. The second-order valence-corrected chi connectivity index (χ2v) is 13.0. The van der Waals surface area contributed by atoms with Gasteiger partial charge in [0.15, 0.2) is 17.3 Å². The minimum absolute atomic E-state index is 0.0267. The van der Waals surface area contributed by atoms with E-state index < -0.39 is 23.9 Å². The molecule has 19 heteroatoms. The van der Waals surface area contributed by atoms with E-state index in [0.717, 1.165) is 17.1 Å². The first-order valence-electron chi connectivity index (χ1n) is 16.2. The zero-order chi connectivity index (χ0) is 37.5. The summed E-state index contributed by atoms with van der Waals surface area (Å²) < 4.78 is 44.5. The standard InChI is InChI=1S/C33H34ClF3N10O5/c1-18-13-20(38)15-39-27(18)47-17-23(26(42-47)33(35,36)37)25-16-40-28(43(25)2)29(48)41-21-3-4-22(24(34)14-21)31(50)45-11-9-44(10-12-45)30(49)19-5-7-46(8-6-19)32(51)52/h3-4,13-17,19H,5-12,38H2,1-2H3,(H,41,48)(H,51,52). The number of nitrogens with one attached hydrogen (secondary N) is 1. The van der Waals surface area contributed by atoms with E-state index in [0.29, 0.717) is 50.3 Å². The van der Waals surface area contributed by atoms with Crippen molar-refractivity contribution in [2.45, 2.75) is 25.9 Å². The minimum Gasteiger partial charge on any atom is -0.465 e. The monoisotopic (exact) mass is 742 g/mol. The topological polar surface area (TPSA) is 185 Å². The molecular formula is C33H34ClF3N10O5. The Labute approximate surface area is 299 Å². The number of nitrogens with zero attached hydrogens (tertiary/aromatic N) is 8. The Hall–Kier alpha value is -5.65. The summed E-state index contributed by atoms with van der Waals surface area (Å²) in [5, 5.41) is 15.6. The summed E-state index contributed by atoms with van der Waals surface area (Å²) in [7, 11) is 1.39. The molecular weight excluding hydrogens is 709 g/mol. The molecule has 0 aliphatic carbocycles. The van der Waals surface area contributed by atoms with Crippen LogP contribution < -0.4 is 11.1 Å². The highest BCUT2D eigenvalue weighted by molar-refractivity contribution is 6.34. The molecule has 0 spiro atoms. The van der Waals surface area contributed by atoms with Crippen molar-refractivity contribution in [3.05, 3.63) is 70.5 Å². The molecule has 2 aliphatic heterocycles. The predicted octanol–water partition coefficient (Wildman–Crippen LogP) is 4.16. The van der Waals surface area contributed by atoms with E-state index in [1.807, 2.05) is 0 Å². The molecule has 5 heterocycles. The number of alkyl halides is 3. The van der Waals surface area contributed by atoms with Crippen molar-refractivity contribution >= 4 is 46.8 Å². The zero-order valence-electron chi connectivity index (χ0n) is 28.0. The summed E-state index contributed by atoms with van der Waals surface area (Å²) >= 11 is 6.48. The van der Waals surface area contributed by atoms with Crippen molar-refractivity contribution in [1.82, 2.24) is 39.0 Å². The summed E-state index contributed by atoms with van der Waals surface area (Å²) in [4.78, 5) is 63.5. The number of hydrogen-bond donors (Lipinski definition) is 3. The number of pyridine rings is 1. The number of halogens is 4. The molecule has 0 unspecified atom stereocenters. The number of piperazine rings is 1. The summed E-state index contributed by atoms with van der Waals surface area (Å²) in [6, 6.07) is 5.86. The van der Waals surface area contributed by atoms with Gasteiger partial charge in [-0.15, -0.1) is 0 Å². The molecule has 0 saturated carbocycles. The van der Waals surface area contributed by atoms with E-state index in [1.54, 1.807) is 22.8 Å². The first kappa shape index (κ1) is 36.2. The third-order valence-electron chi connectivity index (χ3n) is 9.19. The number of rotatable bonds is 6. The lowest BCUT2D eigenvalue weighted by Crippen LogP contribution is -2.53. The summed E-state index contributed by atoms with van der Waals surface area (Å²) in [6.45, 7) is 3.45. The zero-order valence-corrected chi connectivity index (χ0v) is 28.8. The van der Waals surface area contributed by atoms with Crippen LogP contribution in [0.3, 0.4) is 0 Å². The molecule has 0 bridgehead atoms. The highest BCUT2D eigenvalue weighted by atomic mass is 35.5. The Morgan fingerprint density at radius 1 is 0.962 bits per heavy atom. The van der Waals surface area contributed by atoms with Gasteiger partial charge in [-0.1, -0.05) is 11.6 Å². The van der Waals surface area contributed by atoms with Gasteiger partial charge in [0.2, 0.25) is 5.91 Å². The van der Waals surface area contributed by atoms with E-state index in [2.05, 4.69) is 20.4 Å².